The van der Waals surface area contributed by atoms with Crippen molar-refractivity contribution in [1.29, 1.82) is 5.41 Å². The minimum atomic E-state index is -0.912. The number of aliphatic hydroxyl groups is 1. The maximum atomic E-state index is 13.2. The van der Waals surface area contributed by atoms with E-state index in [-0.39, 0.29) is 48.4 Å². The third-order valence-electron chi connectivity index (χ3n) is 10.0. The quantitative estimate of drug-likeness (QED) is 0.0469. The molecule has 4 aromatic rings. The van der Waals surface area contributed by atoms with Crippen molar-refractivity contribution in [2.45, 2.75) is 37.5 Å². The summed E-state index contributed by atoms with van der Waals surface area (Å²) < 4.78 is 17.3. The summed E-state index contributed by atoms with van der Waals surface area (Å²) in [5, 5.41) is 38.7. The average Bonchev–Trinajstić information content (AvgIpc) is 3.20. The van der Waals surface area contributed by atoms with Crippen LogP contribution in [-0.2, 0) is 14.3 Å². The van der Waals surface area contributed by atoms with Gasteiger partial charge in [-0.1, -0.05) is 48.5 Å². The summed E-state index contributed by atoms with van der Waals surface area (Å²) >= 11 is 0. The number of carbonyl (C=O) groups excluding carboxylic acids is 2. The lowest BCUT2D eigenvalue weighted by molar-refractivity contribution is -0.135. The van der Waals surface area contributed by atoms with Crippen molar-refractivity contribution in [1.82, 2.24) is 25.8 Å². The summed E-state index contributed by atoms with van der Waals surface area (Å²) in [5.41, 5.74) is 2.27. The zero-order valence-electron chi connectivity index (χ0n) is 30.8. The van der Waals surface area contributed by atoms with Gasteiger partial charge in [0.2, 0.25) is 5.56 Å². The molecule has 3 aliphatic heterocycles. The summed E-state index contributed by atoms with van der Waals surface area (Å²) in [5.74, 6) is 0.0551. The van der Waals surface area contributed by atoms with Crippen molar-refractivity contribution in [2.24, 2.45) is 5.92 Å². The highest BCUT2D eigenvalue weighted by molar-refractivity contribution is 6.39. The van der Waals surface area contributed by atoms with E-state index in [9.17, 15) is 24.6 Å². The molecule has 14 heteroatoms. The summed E-state index contributed by atoms with van der Waals surface area (Å²) in [6.45, 7) is 3.60. The fourth-order valence-electron chi connectivity index (χ4n) is 7.04. The molecule has 3 saturated heterocycles. The number of H-pyrrole nitrogens is 1. The number of aliphatic hydroxyl groups excluding tert-OH is 1. The number of aromatic hydroxyl groups is 1. The van der Waals surface area contributed by atoms with E-state index in [2.05, 4.69) is 25.8 Å². The van der Waals surface area contributed by atoms with Gasteiger partial charge >= 0.3 is 12.1 Å². The number of alkyl carbamates (subject to hydrolysis) is 1. The fourth-order valence-corrected chi connectivity index (χ4v) is 7.04. The minimum Gasteiger partial charge on any atom is -0.506 e. The van der Waals surface area contributed by atoms with Gasteiger partial charge in [-0.25, -0.2) is 9.59 Å². The Hall–Kier alpha value is -5.70. The average molecular weight is 753 g/mol. The van der Waals surface area contributed by atoms with Crippen LogP contribution in [0.2, 0.25) is 0 Å². The lowest BCUT2D eigenvalue weighted by Crippen LogP contribution is -2.52. The third-order valence-corrected chi connectivity index (χ3v) is 10.0. The molecule has 14 nitrogen and oxygen atoms in total. The number of aromatic nitrogens is 1. The SMILES string of the molecule is CN/C(=C\C(=N)C(=O)OCCCNCC(O)c1ccc(O)c2[nH]c(=O)ccc12)COc1cccc([C@@H](NC(=O)O[C@H]2CN3CCC2CC3)c2ccccc2)c1. The predicted molar refractivity (Wildman–Crippen MR) is 207 cm³/mol. The smallest absolute Gasteiger partial charge is 0.408 e. The lowest BCUT2D eigenvalue weighted by atomic mass is 9.86. The Morgan fingerprint density at radius 2 is 1.82 bits per heavy atom. The van der Waals surface area contributed by atoms with Gasteiger partial charge < -0.3 is 45.4 Å². The van der Waals surface area contributed by atoms with Crippen molar-refractivity contribution in [3.05, 3.63) is 118 Å². The standard InChI is InChI=1S/C41H48N6O8/c1-43-29(22-33(42)40(51)53-20-6-17-44-23-35(49)31-11-13-34(48)39-32(31)12-14-37(50)45-39)25-54-30-10-5-9-28(21-30)38(27-7-3-2-4-8-27)46-41(52)55-36-24-47-18-15-26(36)16-19-47/h2-5,7-14,21-22,26,35-36,38,42-44,48-49H,6,15-20,23-25H2,1H3,(H,45,50)(H,46,52)/b29-22-,42-33?/t35?,36-,38-/m0/s1. The number of amides is 1. The minimum absolute atomic E-state index is 0.0410. The Morgan fingerprint density at radius 1 is 1.04 bits per heavy atom. The molecule has 0 radical (unpaired) electrons. The molecule has 7 N–H and O–H groups in total. The zero-order valence-corrected chi connectivity index (χ0v) is 30.8. The molecule has 1 unspecified atom stereocenters. The van der Waals surface area contributed by atoms with E-state index in [4.69, 9.17) is 19.6 Å². The Labute approximate surface area is 319 Å². The summed E-state index contributed by atoms with van der Waals surface area (Å²) in [7, 11) is 1.67. The molecule has 4 heterocycles. The number of carbonyl (C=O) groups is 2. The largest absolute Gasteiger partial charge is 0.506 e. The summed E-state index contributed by atoms with van der Waals surface area (Å²) in [6, 6.07) is 22.5. The van der Waals surface area contributed by atoms with Crippen molar-refractivity contribution < 1.29 is 34.0 Å². The first-order valence-electron chi connectivity index (χ1n) is 18.5. The molecule has 1 amide bonds. The molecule has 0 spiro atoms. The van der Waals surface area contributed by atoms with Gasteiger partial charge in [-0.05, 0) is 91.8 Å². The van der Waals surface area contributed by atoms with Crippen LogP contribution < -0.4 is 26.2 Å². The summed E-state index contributed by atoms with van der Waals surface area (Å²) in [6.07, 6.45) is 2.40. The fraction of sp³-hybridized carbons (Fsp3) is 0.366. The van der Waals surface area contributed by atoms with Crippen LogP contribution >= 0.6 is 0 Å². The van der Waals surface area contributed by atoms with Crippen LogP contribution in [0.25, 0.3) is 10.9 Å². The third kappa shape index (κ3) is 10.3. The van der Waals surface area contributed by atoms with Gasteiger partial charge in [-0.15, -0.1) is 0 Å². The van der Waals surface area contributed by atoms with Gasteiger partial charge in [0, 0.05) is 31.6 Å². The van der Waals surface area contributed by atoms with E-state index in [0.717, 1.165) is 43.6 Å². The molecule has 1 aromatic heterocycles. The van der Waals surface area contributed by atoms with E-state index in [1.165, 1.54) is 18.2 Å². The number of rotatable bonds is 17. The van der Waals surface area contributed by atoms with Gasteiger partial charge in [0.25, 0.3) is 0 Å². The van der Waals surface area contributed by atoms with Gasteiger partial charge in [-0.3, -0.25) is 15.1 Å². The Bertz CT molecular complexity index is 2050. The number of phenolic OH excluding ortho intramolecular Hbond substituents is 1. The Kier molecular flexibility index (Phi) is 13.2. The number of piperidine rings is 3. The molecule has 7 rings (SSSR count). The Balaban J connectivity index is 0.965. The molecule has 290 valence electrons. The molecule has 3 fully saturated rings. The van der Waals surface area contributed by atoms with Crippen molar-refractivity contribution in [3.8, 4) is 11.5 Å². The normalized spacial score (nSPS) is 18.9. The molecule has 2 bridgehead atoms. The van der Waals surface area contributed by atoms with Crippen molar-refractivity contribution in [3.63, 3.8) is 0 Å². The van der Waals surface area contributed by atoms with E-state index in [1.54, 1.807) is 25.2 Å². The first kappa shape index (κ1) is 39.0. The number of fused-ring (bicyclic) bond motifs is 4. The lowest BCUT2D eigenvalue weighted by Gasteiger charge is -2.43. The molecule has 0 saturated carbocycles. The first-order valence-corrected chi connectivity index (χ1v) is 18.5. The van der Waals surface area contributed by atoms with Gasteiger partial charge in [0.05, 0.1) is 30.0 Å². The maximum absolute atomic E-state index is 13.2. The van der Waals surface area contributed by atoms with Crippen LogP contribution in [0.5, 0.6) is 11.5 Å². The maximum Gasteiger partial charge on any atom is 0.408 e. The van der Waals surface area contributed by atoms with E-state index in [1.807, 2.05) is 48.5 Å². The number of hydrogen-bond acceptors (Lipinski definition) is 12. The van der Waals surface area contributed by atoms with E-state index in [0.29, 0.717) is 41.3 Å². The monoisotopic (exact) mass is 752 g/mol. The number of nitrogens with one attached hydrogen (secondary N) is 5. The van der Waals surface area contributed by atoms with Crippen LogP contribution in [0.3, 0.4) is 0 Å². The topological polar surface area (TPSA) is 198 Å². The molecule has 3 aliphatic rings. The van der Waals surface area contributed by atoms with Crippen molar-refractivity contribution in [2.75, 3.05) is 53.0 Å². The number of nitrogens with zero attached hydrogens (tertiary/aromatic N) is 1. The molecule has 3 atom stereocenters. The second-order valence-corrected chi connectivity index (χ2v) is 13.8. The number of phenols is 1. The second-order valence-electron chi connectivity index (χ2n) is 13.8. The number of aromatic amines is 1. The second kappa shape index (κ2) is 18.6. The van der Waals surface area contributed by atoms with E-state index >= 15 is 0 Å². The highest BCUT2D eigenvalue weighted by atomic mass is 16.6. The number of pyridine rings is 1. The molecular formula is C41H48N6O8. The van der Waals surface area contributed by atoms with Crippen LogP contribution in [0.15, 0.2) is 95.4 Å². The van der Waals surface area contributed by atoms with Gasteiger partial charge in [-0.2, -0.15) is 0 Å². The highest BCUT2D eigenvalue weighted by Gasteiger charge is 2.37. The number of hydrogen-bond donors (Lipinski definition) is 7. The van der Waals surface area contributed by atoms with Crippen LogP contribution in [0.1, 0.15) is 48.1 Å². The number of ether oxygens (including phenoxy) is 3. The molecule has 3 aromatic carbocycles. The van der Waals surface area contributed by atoms with Crippen LogP contribution in [0.4, 0.5) is 4.79 Å². The Morgan fingerprint density at radius 3 is 2.56 bits per heavy atom. The zero-order chi connectivity index (χ0) is 38.7. The number of likely N-dealkylation sites (N-methyl/N-ethyl adjacent to an activating group) is 1. The number of benzene rings is 3. The highest BCUT2D eigenvalue weighted by Crippen LogP contribution is 2.31. The predicted octanol–water partition coefficient (Wildman–Crippen LogP) is 3.90. The summed E-state index contributed by atoms with van der Waals surface area (Å²) in [4.78, 5) is 42.3. The van der Waals surface area contributed by atoms with Crippen molar-refractivity contribution >= 4 is 28.7 Å². The molecule has 0 aliphatic carbocycles. The van der Waals surface area contributed by atoms with E-state index < -0.39 is 24.2 Å². The van der Waals surface area contributed by atoms with Gasteiger partial charge in [0.15, 0.2) is 0 Å². The van der Waals surface area contributed by atoms with Crippen LogP contribution in [-0.4, -0.2) is 97.0 Å². The first-order chi connectivity index (χ1) is 26.7. The number of esters is 1. The molecular weight excluding hydrogens is 704 g/mol. The molecule has 55 heavy (non-hydrogen) atoms. The van der Waals surface area contributed by atoms with Crippen LogP contribution in [0, 0.1) is 11.3 Å². The van der Waals surface area contributed by atoms with Gasteiger partial charge in [0.1, 0.15) is 29.9 Å².